The van der Waals surface area contributed by atoms with Crippen LogP contribution in [0.25, 0.3) is 17.2 Å². The molecule has 0 spiro atoms. The van der Waals surface area contributed by atoms with E-state index in [4.69, 9.17) is 9.72 Å². The standard InChI is InChI=1S/C18H17BrN8O/c1-11-17(12-6-23-24-7-12)28-5-4-26(11)15-2-3-20-18(25-15)13-8-22-16-9-21-14(19)10-27(13)16/h2-3,6-11,17H,4-5H2,1H3,(H,23,24)/t11-,17+/m0/s1. The zero-order valence-corrected chi connectivity index (χ0v) is 16.6. The zero-order chi connectivity index (χ0) is 19.1. The molecule has 0 radical (unpaired) electrons. The van der Waals surface area contributed by atoms with Gasteiger partial charge >= 0.3 is 0 Å². The number of morpholine rings is 1. The molecule has 1 fully saturated rings. The number of nitrogens with one attached hydrogen (secondary N) is 1. The van der Waals surface area contributed by atoms with Crippen LogP contribution < -0.4 is 4.90 Å². The Morgan fingerprint density at radius 3 is 3.00 bits per heavy atom. The molecular weight excluding hydrogens is 424 g/mol. The molecule has 5 rings (SSSR count). The van der Waals surface area contributed by atoms with E-state index < -0.39 is 0 Å². The van der Waals surface area contributed by atoms with Gasteiger partial charge in [0.25, 0.3) is 0 Å². The molecule has 1 aliphatic heterocycles. The minimum atomic E-state index is -0.0660. The monoisotopic (exact) mass is 440 g/mol. The number of H-pyrrole nitrogens is 1. The fourth-order valence-corrected chi connectivity index (χ4v) is 3.87. The van der Waals surface area contributed by atoms with Crippen molar-refractivity contribution in [2.75, 3.05) is 18.1 Å². The van der Waals surface area contributed by atoms with Crippen molar-refractivity contribution in [2.24, 2.45) is 0 Å². The molecule has 0 unspecified atom stereocenters. The second-order valence-electron chi connectivity index (χ2n) is 6.58. The number of rotatable bonds is 3. The summed E-state index contributed by atoms with van der Waals surface area (Å²) in [5.74, 6) is 1.47. The van der Waals surface area contributed by atoms with Crippen molar-refractivity contribution >= 4 is 27.4 Å². The van der Waals surface area contributed by atoms with E-state index in [1.165, 1.54) is 0 Å². The number of aromatic nitrogens is 7. The van der Waals surface area contributed by atoms with Crippen molar-refractivity contribution in [1.29, 1.82) is 0 Å². The summed E-state index contributed by atoms with van der Waals surface area (Å²) in [6.07, 6.45) is 10.7. The summed E-state index contributed by atoms with van der Waals surface area (Å²) < 4.78 is 8.63. The summed E-state index contributed by atoms with van der Waals surface area (Å²) in [5, 5.41) is 6.90. The van der Waals surface area contributed by atoms with Crippen LogP contribution in [-0.2, 0) is 4.74 Å². The lowest BCUT2D eigenvalue weighted by molar-refractivity contribution is 0.0143. The number of anilines is 1. The maximum atomic E-state index is 5.99. The predicted octanol–water partition coefficient (Wildman–Crippen LogP) is 2.64. The Balaban J connectivity index is 1.51. The highest BCUT2D eigenvalue weighted by Crippen LogP contribution is 2.31. The minimum absolute atomic E-state index is 0.0660. The summed E-state index contributed by atoms with van der Waals surface area (Å²) in [6.45, 7) is 3.51. The Morgan fingerprint density at radius 2 is 2.14 bits per heavy atom. The first-order valence-electron chi connectivity index (χ1n) is 8.89. The lowest BCUT2D eigenvalue weighted by atomic mass is 10.0. The SMILES string of the molecule is C[C@H]1[C@H](c2cn[nH]c2)OCCN1c1ccnc(-c2cnc3cnc(Br)cn23)n1. The Morgan fingerprint density at radius 1 is 1.21 bits per heavy atom. The van der Waals surface area contributed by atoms with E-state index in [2.05, 4.69) is 52.9 Å². The van der Waals surface area contributed by atoms with Crippen LogP contribution in [0, 0.1) is 0 Å². The largest absolute Gasteiger partial charge is 0.369 e. The molecule has 10 heteroatoms. The van der Waals surface area contributed by atoms with Crippen LogP contribution in [0.3, 0.4) is 0 Å². The highest BCUT2D eigenvalue weighted by molar-refractivity contribution is 9.10. The number of halogens is 1. The van der Waals surface area contributed by atoms with Crippen LogP contribution >= 0.6 is 15.9 Å². The summed E-state index contributed by atoms with van der Waals surface area (Å²) in [4.78, 5) is 20.1. The molecule has 28 heavy (non-hydrogen) atoms. The Bertz CT molecular complexity index is 1110. The van der Waals surface area contributed by atoms with Gasteiger partial charge in [-0.15, -0.1) is 0 Å². The zero-order valence-electron chi connectivity index (χ0n) is 15.0. The highest BCUT2D eigenvalue weighted by atomic mass is 79.9. The molecule has 0 aromatic carbocycles. The first-order chi connectivity index (χ1) is 13.7. The summed E-state index contributed by atoms with van der Waals surface area (Å²) in [7, 11) is 0. The van der Waals surface area contributed by atoms with Crippen LogP contribution in [0.4, 0.5) is 5.82 Å². The number of hydrogen-bond donors (Lipinski definition) is 1. The van der Waals surface area contributed by atoms with Crippen LogP contribution in [0.5, 0.6) is 0 Å². The van der Waals surface area contributed by atoms with E-state index in [-0.39, 0.29) is 12.1 Å². The van der Waals surface area contributed by atoms with Crippen molar-refractivity contribution in [2.45, 2.75) is 19.1 Å². The molecule has 4 aromatic heterocycles. The van der Waals surface area contributed by atoms with E-state index in [1.807, 2.05) is 22.9 Å². The van der Waals surface area contributed by atoms with Gasteiger partial charge < -0.3 is 9.64 Å². The van der Waals surface area contributed by atoms with Gasteiger partial charge in [-0.2, -0.15) is 5.10 Å². The van der Waals surface area contributed by atoms with Crippen molar-refractivity contribution < 1.29 is 4.74 Å². The molecule has 0 aliphatic carbocycles. The van der Waals surface area contributed by atoms with Crippen LogP contribution in [0.15, 0.2) is 47.9 Å². The smallest absolute Gasteiger partial charge is 0.180 e. The van der Waals surface area contributed by atoms with Gasteiger partial charge in [0.05, 0.1) is 31.2 Å². The molecule has 1 N–H and O–H groups in total. The summed E-state index contributed by atoms with van der Waals surface area (Å²) in [5.41, 5.74) is 2.59. The number of aromatic amines is 1. The molecular formula is C18H17BrN8O. The molecule has 2 atom stereocenters. The van der Waals surface area contributed by atoms with Gasteiger partial charge in [0.1, 0.15) is 22.2 Å². The first-order valence-corrected chi connectivity index (χ1v) is 9.69. The summed E-state index contributed by atoms with van der Waals surface area (Å²) >= 11 is 3.40. The Labute approximate surface area is 168 Å². The quantitative estimate of drug-likeness (QED) is 0.522. The van der Waals surface area contributed by atoms with E-state index in [1.54, 1.807) is 24.8 Å². The second-order valence-corrected chi connectivity index (χ2v) is 7.39. The maximum Gasteiger partial charge on any atom is 0.180 e. The molecule has 142 valence electrons. The minimum Gasteiger partial charge on any atom is -0.369 e. The molecule has 5 heterocycles. The Hall–Kier alpha value is -2.85. The van der Waals surface area contributed by atoms with Gasteiger partial charge in [0.2, 0.25) is 0 Å². The molecule has 0 amide bonds. The van der Waals surface area contributed by atoms with E-state index in [9.17, 15) is 0 Å². The predicted molar refractivity (Wildman–Crippen MR) is 106 cm³/mol. The van der Waals surface area contributed by atoms with Gasteiger partial charge in [-0.1, -0.05) is 0 Å². The van der Waals surface area contributed by atoms with Gasteiger partial charge in [0.15, 0.2) is 11.5 Å². The third-order valence-corrected chi connectivity index (χ3v) is 5.35. The van der Waals surface area contributed by atoms with Crippen LogP contribution in [-0.4, -0.2) is 53.7 Å². The molecule has 1 saturated heterocycles. The number of nitrogens with zero attached hydrogens (tertiary/aromatic N) is 7. The molecule has 0 bridgehead atoms. The van der Waals surface area contributed by atoms with E-state index in [0.717, 1.165) is 33.9 Å². The van der Waals surface area contributed by atoms with Crippen molar-refractivity contribution in [3.05, 3.63) is 53.4 Å². The van der Waals surface area contributed by atoms with Crippen molar-refractivity contribution in [1.82, 2.24) is 34.5 Å². The average molecular weight is 441 g/mol. The molecule has 9 nitrogen and oxygen atoms in total. The van der Waals surface area contributed by atoms with Gasteiger partial charge in [0, 0.05) is 30.7 Å². The average Bonchev–Trinajstić information content (AvgIpc) is 3.38. The first kappa shape index (κ1) is 17.3. The topological polar surface area (TPSA) is 97.1 Å². The van der Waals surface area contributed by atoms with Crippen LogP contribution in [0.1, 0.15) is 18.6 Å². The number of hydrogen-bond acceptors (Lipinski definition) is 7. The van der Waals surface area contributed by atoms with Crippen LogP contribution in [0.2, 0.25) is 0 Å². The second kappa shape index (κ2) is 6.95. The Kier molecular flexibility index (Phi) is 4.29. The molecule has 1 aliphatic rings. The highest BCUT2D eigenvalue weighted by Gasteiger charge is 2.31. The third kappa shape index (κ3) is 2.94. The van der Waals surface area contributed by atoms with Crippen molar-refractivity contribution in [3.8, 4) is 11.5 Å². The number of imidazole rings is 1. The fourth-order valence-electron chi connectivity index (χ4n) is 3.56. The third-order valence-electron chi connectivity index (χ3n) is 4.94. The van der Waals surface area contributed by atoms with Gasteiger partial charge in [-0.05, 0) is 28.9 Å². The molecule has 4 aromatic rings. The molecule has 0 saturated carbocycles. The van der Waals surface area contributed by atoms with E-state index >= 15 is 0 Å². The summed E-state index contributed by atoms with van der Waals surface area (Å²) in [6, 6.07) is 2.04. The lowest BCUT2D eigenvalue weighted by Gasteiger charge is -2.39. The van der Waals surface area contributed by atoms with Crippen molar-refractivity contribution in [3.63, 3.8) is 0 Å². The van der Waals surface area contributed by atoms with Gasteiger partial charge in [-0.3, -0.25) is 9.50 Å². The number of fused-ring (bicyclic) bond motifs is 1. The normalized spacial score (nSPS) is 20.0. The number of ether oxygens (including phenoxy) is 1. The fraction of sp³-hybridized carbons (Fsp3) is 0.278. The maximum absolute atomic E-state index is 5.99. The lowest BCUT2D eigenvalue weighted by Crippen LogP contribution is -2.46. The van der Waals surface area contributed by atoms with E-state index in [0.29, 0.717) is 12.4 Å². The van der Waals surface area contributed by atoms with Gasteiger partial charge in [-0.25, -0.2) is 19.9 Å².